The van der Waals surface area contributed by atoms with Crippen LogP contribution in [0.1, 0.15) is 22.7 Å². The Morgan fingerprint density at radius 3 is 2.48 bits per heavy atom. The number of aromatic carboxylic acids is 1. The van der Waals surface area contributed by atoms with Crippen LogP contribution in [0, 0.1) is 23.7 Å². The van der Waals surface area contributed by atoms with Gasteiger partial charge >= 0.3 is 5.97 Å². The van der Waals surface area contributed by atoms with E-state index in [0.717, 1.165) is 30.5 Å². The molecule has 0 spiro atoms. The lowest BCUT2D eigenvalue weighted by molar-refractivity contribution is 0.0687. The second-order valence-electron chi connectivity index (χ2n) is 7.43. The largest absolute Gasteiger partial charge is 0.476 e. The van der Waals surface area contributed by atoms with Crippen molar-refractivity contribution in [2.75, 3.05) is 13.1 Å². The second-order valence-corrected chi connectivity index (χ2v) is 7.43. The van der Waals surface area contributed by atoms with Crippen molar-refractivity contribution in [2.45, 2.75) is 13.0 Å². The van der Waals surface area contributed by atoms with Gasteiger partial charge in [-0.2, -0.15) is 0 Å². The fraction of sp³-hybridized carbons (Fsp3) is 0.400. The molecule has 0 radical (unpaired) electrons. The van der Waals surface area contributed by atoms with Gasteiger partial charge in [-0.15, -0.1) is 0 Å². The third-order valence-corrected chi connectivity index (χ3v) is 6.03. The molecule has 5 heteroatoms. The molecule has 2 unspecified atom stereocenters. The number of allylic oxidation sites excluding steroid dienone is 2. The summed E-state index contributed by atoms with van der Waals surface area (Å²) in [5.74, 6) is 2.70. The molecule has 2 bridgehead atoms. The van der Waals surface area contributed by atoms with Gasteiger partial charge in [0.05, 0.1) is 6.54 Å². The average Bonchev–Trinajstić information content (AvgIpc) is 3.37. The molecule has 1 N–H and O–H groups in total. The first kappa shape index (κ1) is 14.9. The second kappa shape index (κ2) is 5.56. The van der Waals surface area contributed by atoms with Gasteiger partial charge in [0, 0.05) is 18.7 Å². The van der Waals surface area contributed by atoms with Gasteiger partial charge in [-0.3, -0.25) is 4.90 Å². The SMILES string of the molecule is O=C(O)c1nc(-c2ccccc2)oc1CN1C[C@@H]2C3C=CC(C3)[C@@H]2C1. The standard InChI is InChI=1S/C20H20N2O3/c23-20(24)18-17(25-19(21-18)12-4-2-1-3-5-12)11-22-9-15-13-6-7-14(8-13)16(15)10-22/h1-7,13-16H,8-11H2,(H,23,24)/t13?,14?,15-,16+. The summed E-state index contributed by atoms with van der Waals surface area (Å²) in [6, 6.07) is 9.46. The van der Waals surface area contributed by atoms with Crippen molar-refractivity contribution in [1.29, 1.82) is 0 Å². The highest BCUT2D eigenvalue weighted by atomic mass is 16.4. The van der Waals surface area contributed by atoms with Gasteiger partial charge in [-0.1, -0.05) is 30.4 Å². The molecule has 25 heavy (non-hydrogen) atoms. The van der Waals surface area contributed by atoms with Crippen molar-refractivity contribution in [3.63, 3.8) is 0 Å². The van der Waals surface area contributed by atoms with E-state index in [1.54, 1.807) is 0 Å². The Balaban J connectivity index is 1.39. The van der Waals surface area contributed by atoms with Crippen LogP contribution >= 0.6 is 0 Å². The van der Waals surface area contributed by atoms with Gasteiger partial charge < -0.3 is 9.52 Å². The van der Waals surface area contributed by atoms with Gasteiger partial charge in [0.2, 0.25) is 5.89 Å². The highest BCUT2D eigenvalue weighted by Gasteiger charge is 2.49. The Morgan fingerprint density at radius 2 is 1.84 bits per heavy atom. The maximum atomic E-state index is 11.6. The molecule has 5 rings (SSSR count). The molecule has 1 aromatic heterocycles. The number of aromatic nitrogens is 1. The van der Waals surface area contributed by atoms with Gasteiger partial charge in [0.1, 0.15) is 0 Å². The van der Waals surface area contributed by atoms with Crippen molar-refractivity contribution in [2.24, 2.45) is 23.7 Å². The number of fused-ring (bicyclic) bond motifs is 5. The predicted molar refractivity (Wildman–Crippen MR) is 91.9 cm³/mol. The van der Waals surface area contributed by atoms with Gasteiger partial charge in [-0.25, -0.2) is 9.78 Å². The smallest absolute Gasteiger partial charge is 0.358 e. The minimum absolute atomic E-state index is 0.0389. The van der Waals surface area contributed by atoms with E-state index in [-0.39, 0.29) is 5.69 Å². The predicted octanol–water partition coefficient (Wildman–Crippen LogP) is 3.29. The van der Waals surface area contributed by atoms with Crippen molar-refractivity contribution < 1.29 is 14.3 Å². The molecule has 2 heterocycles. The zero-order valence-electron chi connectivity index (χ0n) is 13.8. The first-order chi connectivity index (χ1) is 12.2. The summed E-state index contributed by atoms with van der Waals surface area (Å²) >= 11 is 0. The number of oxazole rings is 1. The number of rotatable bonds is 4. The molecule has 3 aliphatic rings. The number of nitrogens with zero attached hydrogens (tertiary/aromatic N) is 2. The van der Waals surface area contributed by atoms with E-state index in [0.29, 0.717) is 30.0 Å². The molecule has 0 amide bonds. The van der Waals surface area contributed by atoms with Gasteiger partial charge in [-0.05, 0) is 42.2 Å². The molecule has 1 saturated carbocycles. The van der Waals surface area contributed by atoms with E-state index in [4.69, 9.17) is 4.42 Å². The van der Waals surface area contributed by atoms with E-state index >= 15 is 0 Å². The molecular weight excluding hydrogens is 316 g/mol. The minimum Gasteiger partial charge on any atom is -0.476 e. The minimum atomic E-state index is -1.03. The topological polar surface area (TPSA) is 66.6 Å². The summed E-state index contributed by atoms with van der Waals surface area (Å²) in [4.78, 5) is 18.2. The molecule has 1 aromatic carbocycles. The Labute approximate surface area is 146 Å². The van der Waals surface area contributed by atoms with Crippen LogP contribution in [-0.2, 0) is 6.54 Å². The quantitative estimate of drug-likeness (QED) is 0.868. The van der Waals surface area contributed by atoms with E-state index < -0.39 is 5.97 Å². The van der Waals surface area contributed by atoms with Crippen molar-refractivity contribution in [3.05, 3.63) is 53.9 Å². The summed E-state index contributed by atoms with van der Waals surface area (Å²) in [6.07, 6.45) is 6.06. The van der Waals surface area contributed by atoms with Crippen LogP contribution in [0.4, 0.5) is 0 Å². The summed E-state index contributed by atoms with van der Waals surface area (Å²) in [7, 11) is 0. The monoisotopic (exact) mass is 336 g/mol. The number of carbonyl (C=O) groups is 1. The fourth-order valence-corrected chi connectivity index (χ4v) is 4.90. The maximum absolute atomic E-state index is 11.6. The van der Waals surface area contributed by atoms with Crippen LogP contribution in [0.15, 0.2) is 46.9 Å². The lowest BCUT2D eigenvalue weighted by atomic mass is 9.86. The fourth-order valence-electron chi connectivity index (χ4n) is 4.90. The van der Waals surface area contributed by atoms with E-state index in [1.807, 2.05) is 30.3 Å². The summed E-state index contributed by atoms with van der Waals surface area (Å²) in [5, 5.41) is 9.50. The third kappa shape index (κ3) is 2.42. The average molecular weight is 336 g/mol. The molecule has 2 aliphatic carbocycles. The Morgan fingerprint density at radius 1 is 1.16 bits per heavy atom. The van der Waals surface area contributed by atoms with Crippen LogP contribution < -0.4 is 0 Å². The molecule has 5 nitrogen and oxygen atoms in total. The van der Waals surface area contributed by atoms with E-state index in [2.05, 4.69) is 22.0 Å². The lowest BCUT2D eigenvalue weighted by Gasteiger charge is -2.17. The number of carboxylic acids is 1. The van der Waals surface area contributed by atoms with Crippen molar-refractivity contribution in [3.8, 4) is 11.5 Å². The number of carboxylic acid groups (broad SMARTS) is 1. The van der Waals surface area contributed by atoms with Crippen LogP contribution in [0.3, 0.4) is 0 Å². The molecule has 4 atom stereocenters. The Bertz CT molecular complexity index is 822. The number of hydrogen-bond acceptors (Lipinski definition) is 4. The zero-order chi connectivity index (χ0) is 17.0. The normalized spacial score (nSPS) is 30.1. The van der Waals surface area contributed by atoms with Crippen LogP contribution in [0.5, 0.6) is 0 Å². The Hall–Kier alpha value is -2.40. The number of hydrogen-bond donors (Lipinski definition) is 1. The first-order valence-corrected chi connectivity index (χ1v) is 8.88. The highest BCUT2D eigenvalue weighted by molar-refractivity contribution is 5.87. The maximum Gasteiger partial charge on any atom is 0.358 e. The number of benzene rings is 1. The van der Waals surface area contributed by atoms with E-state index in [9.17, 15) is 9.90 Å². The molecule has 128 valence electrons. The van der Waals surface area contributed by atoms with E-state index in [1.165, 1.54) is 6.42 Å². The van der Waals surface area contributed by atoms with Crippen LogP contribution in [-0.4, -0.2) is 34.0 Å². The molecule has 2 fully saturated rings. The van der Waals surface area contributed by atoms with Crippen molar-refractivity contribution in [1.82, 2.24) is 9.88 Å². The summed E-state index contributed by atoms with van der Waals surface area (Å²) in [6.45, 7) is 2.57. The third-order valence-electron chi connectivity index (χ3n) is 6.03. The lowest BCUT2D eigenvalue weighted by Crippen LogP contribution is -2.23. The van der Waals surface area contributed by atoms with Crippen LogP contribution in [0.25, 0.3) is 11.5 Å². The first-order valence-electron chi connectivity index (χ1n) is 8.88. The van der Waals surface area contributed by atoms with Crippen molar-refractivity contribution >= 4 is 5.97 Å². The summed E-state index contributed by atoms with van der Waals surface area (Å²) in [5.41, 5.74) is 0.841. The zero-order valence-corrected chi connectivity index (χ0v) is 13.8. The molecule has 1 aliphatic heterocycles. The molecular formula is C20H20N2O3. The highest BCUT2D eigenvalue weighted by Crippen LogP contribution is 2.51. The van der Waals surface area contributed by atoms with Crippen LogP contribution in [0.2, 0.25) is 0 Å². The molecule has 1 saturated heterocycles. The Kier molecular flexibility index (Phi) is 3.31. The summed E-state index contributed by atoms with van der Waals surface area (Å²) < 4.78 is 5.87. The molecule has 2 aromatic rings. The van der Waals surface area contributed by atoms with Gasteiger partial charge in [0.15, 0.2) is 11.5 Å². The van der Waals surface area contributed by atoms with Gasteiger partial charge in [0.25, 0.3) is 0 Å². The number of likely N-dealkylation sites (tertiary alicyclic amines) is 1.